The molecule has 0 saturated heterocycles. The number of hydrogen-bond acceptors (Lipinski definition) is 5. The largest absolute Gasteiger partial charge is 0.467 e. The van der Waals surface area contributed by atoms with Crippen molar-refractivity contribution in [3.63, 3.8) is 0 Å². The average molecular weight is 323 g/mol. The molecule has 1 amide bonds. The molecule has 2 rings (SSSR count). The Morgan fingerprint density at radius 3 is 2.68 bits per heavy atom. The number of aliphatic hydroxyl groups is 1. The van der Waals surface area contributed by atoms with Crippen LogP contribution >= 0.6 is 11.6 Å². The Morgan fingerprint density at radius 1 is 1.36 bits per heavy atom. The first-order valence-corrected chi connectivity index (χ1v) is 6.93. The predicted octanol–water partition coefficient (Wildman–Crippen LogP) is 1.54. The zero-order chi connectivity index (χ0) is 16.3. The summed E-state index contributed by atoms with van der Waals surface area (Å²) in [5.41, 5.74) is 0.777. The zero-order valence-electron chi connectivity index (χ0n) is 12.0. The summed E-state index contributed by atoms with van der Waals surface area (Å²) in [6.45, 7) is 1.38. The topological polar surface area (TPSA) is 88.5 Å². The molecule has 1 aromatic heterocycles. The molecule has 0 bridgehead atoms. The summed E-state index contributed by atoms with van der Waals surface area (Å²) in [5.74, 6) is -1.35. The van der Waals surface area contributed by atoms with Gasteiger partial charge < -0.3 is 15.2 Å². The van der Waals surface area contributed by atoms with Crippen molar-refractivity contribution < 1.29 is 19.4 Å². The highest BCUT2D eigenvalue weighted by Crippen LogP contribution is 2.25. The van der Waals surface area contributed by atoms with Crippen LogP contribution in [0.15, 0.2) is 30.5 Å². The maximum Gasteiger partial charge on any atom is 0.331 e. The van der Waals surface area contributed by atoms with Gasteiger partial charge in [-0.1, -0.05) is 29.8 Å². The minimum absolute atomic E-state index is 0.120. The number of fused-ring (bicyclic) bond motifs is 1. The average Bonchev–Trinajstić information content (AvgIpc) is 2.52. The molecule has 1 aromatic carbocycles. The maximum atomic E-state index is 12.3. The first-order chi connectivity index (χ1) is 10.5. The van der Waals surface area contributed by atoms with Gasteiger partial charge in [0.1, 0.15) is 0 Å². The molecule has 116 valence electrons. The van der Waals surface area contributed by atoms with Crippen LogP contribution in [0.2, 0.25) is 5.02 Å². The second kappa shape index (κ2) is 6.72. The summed E-state index contributed by atoms with van der Waals surface area (Å²) in [6, 6.07) is 5.93. The zero-order valence-corrected chi connectivity index (χ0v) is 12.8. The van der Waals surface area contributed by atoms with Gasteiger partial charge in [-0.25, -0.2) is 4.79 Å². The number of benzene rings is 1. The second-order valence-electron chi connectivity index (χ2n) is 4.72. The number of rotatable bonds is 4. The van der Waals surface area contributed by atoms with Gasteiger partial charge in [0.05, 0.1) is 29.3 Å². The van der Waals surface area contributed by atoms with E-state index in [0.717, 1.165) is 0 Å². The minimum atomic E-state index is -1.18. The number of ether oxygens (including phenoxy) is 1. The number of para-hydroxylation sites is 1. The fraction of sp³-hybridized carbons (Fsp3) is 0.267. The number of aromatic nitrogens is 1. The molecular weight excluding hydrogens is 308 g/mol. The molecule has 7 heteroatoms. The fourth-order valence-corrected chi connectivity index (χ4v) is 2.28. The smallest absolute Gasteiger partial charge is 0.331 e. The van der Waals surface area contributed by atoms with E-state index in [-0.39, 0.29) is 10.6 Å². The molecule has 0 unspecified atom stereocenters. The van der Waals surface area contributed by atoms with Gasteiger partial charge in [0.15, 0.2) is 6.04 Å². The lowest BCUT2D eigenvalue weighted by atomic mass is 10.1. The summed E-state index contributed by atoms with van der Waals surface area (Å²) in [6.07, 6.45) is 0.222. The van der Waals surface area contributed by atoms with Crippen LogP contribution < -0.4 is 5.32 Å². The van der Waals surface area contributed by atoms with Crippen LogP contribution in [0, 0.1) is 0 Å². The van der Waals surface area contributed by atoms with E-state index in [9.17, 15) is 14.7 Å². The molecule has 0 saturated carbocycles. The number of methoxy groups -OCH3 is 1. The van der Waals surface area contributed by atoms with E-state index in [0.29, 0.717) is 10.9 Å². The molecule has 0 radical (unpaired) electrons. The molecule has 1 heterocycles. The minimum Gasteiger partial charge on any atom is -0.467 e. The lowest BCUT2D eigenvalue weighted by molar-refractivity contribution is -0.145. The third-order valence-electron chi connectivity index (χ3n) is 3.18. The SMILES string of the molecule is COC(=O)[C@@H](NC(=O)c1cnc2ccccc2c1Cl)[C@@H](C)O. The Hall–Kier alpha value is -2.18. The highest BCUT2D eigenvalue weighted by atomic mass is 35.5. The van der Waals surface area contributed by atoms with Gasteiger partial charge in [-0.3, -0.25) is 9.78 Å². The Balaban J connectivity index is 2.33. The van der Waals surface area contributed by atoms with Crippen LogP contribution in [-0.4, -0.2) is 41.2 Å². The third-order valence-corrected chi connectivity index (χ3v) is 3.59. The predicted molar refractivity (Wildman–Crippen MR) is 81.7 cm³/mol. The monoisotopic (exact) mass is 322 g/mol. The normalized spacial score (nSPS) is 13.5. The molecule has 2 aromatic rings. The van der Waals surface area contributed by atoms with Crippen LogP contribution in [0.3, 0.4) is 0 Å². The van der Waals surface area contributed by atoms with E-state index >= 15 is 0 Å². The number of carbonyl (C=O) groups is 2. The number of esters is 1. The van der Waals surface area contributed by atoms with Crippen LogP contribution in [0.1, 0.15) is 17.3 Å². The summed E-state index contributed by atoms with van der Waals surface area (Å²) in [4.78, 5) is 28.0. The standard InChI is InChI=1S/C15H15ClN2O4/c1-8(19)13(15(21)22-2)18-14(20)10-7-17-11-6-4-3-5-9(11)12(10)16/h3-8,13,19H,1-2H3,(H,18,20)/t8-,13+/m1/s1. The van der Waals surface area contributed by atoms with Crippen molar-refractivity contribution in [3.8, 4) is 0 Å². The number of nitrogens with one attached hydrogen (secondary N) is 1. The quantitative estimate of drug-likeness (QED) is 0.834. The lowest BCUT2D eigenvalue weighted by Crippen LogP contribution is -2.48. The number of aliphatic hydroxyl groups excluding tert-OH is 1. The van der Waals surface area contributed by atoms with Crippen LogP contribution in [0.25, 0.3) is 10.9 Å². The Kier molecular flexibility index (Phi) is 4.95. The van der Waals surface area contributed by atoms with Gasteiger partial charge >= 0.3 is 5.97 Å². The molecule has 2 atom stereocenters. The highest BCUT2D eigenvalue weighted by Gasteiger charge is 2.27. The number of pyridine rings is 1. The number of carbonyl (C=O) groups excluding carboxylic acids is 2. The van der Waals surface area contributed by atoms with Crippen LogP contribution in [-0.2, 0) is 9.53 Å². The molecule has 0 aliphatic carbocycles. The number of amides is 1. The van der Waals surface area contributed by atoms with Crippen molar-refractivity contribution in [2.75, 3.05) is 7.11 Å². The summed E-state index contributed by atoms with van der Waals surface area (Å²) < 4.78 is 4.55. The summed E-state index contributed by atoms with van der Waals surface area (Å²) in [7, 11) is 1.18. The third kappa shape index (κ3) is 3.18. The second-order valence-corrected chi connectivity index (χ2v) is 5.10. The van der Waals surface area contributed by atoms with Crippen molar-refractivity contribution in [1.82, 2.24) is 10.3 Å². The van der Waals surface area contributed by atoms with Gasteiger partial charge in [-0.15, -0.1) is 0 Å². The van der Waals surface area contributed by atoms with Gasteiger partial charge in [0.25, 0.3) is 5.91 Å². The Labute approximate surface area is 132 Å². The fourth-order valence-electron chi connectivity index (χ4n) is 1.99. The van der Waals surface area contributed by atoms with Crippen LogP contribution in [0.4, 0.5) is 0 Å². The van der Waals surface area contributed by atoms with E-state index in [1.54, 1.807) is 18.2 Å². The number of halogens is 1. The summed E-state index contributed by atoms with van der Waals surface area (Å²) >= 11 is 6.23. The van der Waals surface area contributed by atoms with E-state index in [1.807, 2.05) is 6.07 Å². The molecule has 0 fully saturated rings. The molecule has 0 spiro atoms. The van der Waals surface area contributed by atoms with Gasteiger partial charge in [-0.2, -0.15) is 0 Å². The lowest BCUT2D eigenvalue weighted by Gasteiger charge is -2.19. The maximum absolute atomic E-state index is 12.3. The highest BCUT2D eigenvalue weighted by molar-refractivity contribution is 6.38. The van der Waals surface area contributed by atoms with Gasteiger partial charge in [-0.05, 0) is 13.0 Å². The Bertz CT molecular complexity index is 718. The molecule has 0 aliphatic heterocycles. The van der Waals surface area contributed by atoms with E-state index in [2.05, 4.69) is 15.0 Å². The molecule has 22 heavy (non-hydrogen) atoms. The van der Waals surface area contributed by atoms with Gasteiger partial charge in [0, 0.05) is 11.6 Å². The van der Waals surface area contributed by atoms with E-state index in [1.165, 1.54) is 20.2 Å². The van der Waals surface area contributed by atoms with Crippen molar-refractivity contribution in [3.05, 3.63) is 41.0 Å². The van der Waals surface area contributed by atoms with Crippen molar-refractivity contribution in [2.45, 2.75) is 19.1 Å². The van der Waals surface area contributed by atoms with Crippen molar-refractivity contribution in [1.29, 1.82) is 0 Å². The van der Waals surface area contributed by atoms with Crippen molar-refractivity contribution in [2.24, 2.45) is 0 Å². The Morgan fingerprint density at radius 2 is 2.05 bits per heavy atom. The molecule has 2 N–H and O–H groups in total. The van der Waals surface area contributed by atoms with E-state index in [4.69, 9.17) is 11.6 Å². The first kappa shape index (κ1) is 16.2. The van der Waals surface area contributed by atoms with Crippen LogP contribution in [0.5, 0.6) is 0 Å². The number of nitrogens with zero attached hydrogens (tertiary/aromatic N) is 1. The van der Waals surface area contributed by atoms with Crippen molar-refractivity contribution >= 4 is 34.4 Å². The summed E-state index contributed by atoms with van der Waals surface area (Å²) in [5, 5.41) is 12.8. The molecular formula is C15H15ClN2O4. The number of hydrogen-bond donors (Lipinski definition) is 2. The molecule has 0 aliphatic rings. The first-order valence-electron chi connectivity index (χ1n) is 6.55. The van der Waals surface area contributed by atoms with E-state index < -0.39 is 24.0 Å². The van der Waals surface area contributed by atoms with Gasteiger partial charge in [0.2, 0.25) is 0 Å². The molecule has 6 nitrogen and oxygen atoms in total.